The number of H-pyrrole nitrogens is 1. The maximum Gasteiger partial charge on any atom is 0.305 e. The molecule has 1 unspecified atom stereocenters. The van der Waals surface area contributed by atoms with Gasteiger partial charge >= 0.3 is 4.87 Å². The first-order valence-electron chi connectivity index (χ1n) is 16.2. The number of aliphatic hydroxyl groups is 1. The van der Waals surface area contributed by atoms with Crippen molar-refractivity contribution in [2.75, 3.05) is 45.9 Å². The molecule has 4 N–H and O–H groups in total. The monoisotopic (exact) mass is 663 g/mol. The summed E-state index contributed by atoms with van der Waals surface area (Å²) < 4.78 is 22.4. The summed E-state index contributed by atoms with van der Waals surface area (Å²) in [5.41, 5.74) is 3.10. The maximum atomic E-state index is 15.6. The van der Waals surface area contributed by atoms with Crippen LogP contribution in [0.4, 0.5) is 4.39 Å². The number of aromatic amines is 1. The number of hydrogen-bond donors (Lipinski definition) is 4. The number of aliphatic hydroxyl groups excluding tert-OH is 1. The minimum atomic E-state index is -0.894. The molecule has 6 rings (SSSR count). The molecular formula is C35H42FN5O5S. The number of aromatic nitrogens is 2. The van der Waals surface area contributed by atoms with E-state index in [2.05, 4.69) is 34.0 Å². The zero-order valence-corrected chi connectivity index (χ0v) is 27.6. The molecule has 2 aliphatic heterocycles. The summed E-state index contributed by atoms with van der Waals surface area (Å²) in [6, 6.07) is 14.2. The number of halogens is 1. The molecule has 250 valence electrons. The van der Waals surface area contributed by atoms with E-state index in [-0.39, 0.29) is 34.8 Å². The number of pyridine rings is 1. The number of carbonyl (C=O) groups is 1. The fourth-order valence-electron chi connectivity index (χ4n) is 6.56. The van der Waals surface area contributed by atoms with Gasteiger partial charge in [0.25, 0.3) is 5.91 Å². The lowest BCUT2D eigenvalue weighted by Gasteiger charge is -2.47. The number of morpholine rings is 1. The predicted molar refractivity (Wildman–Crippen MR) is 179 cm³/mol. The van der Waals surface area contributed by atoms with Crippen molar-refractivity contribution in [1.82, 2.24) is 25.1 Å². The standard InChI is InChI=1S/C35H42FN5O5S/c1-22(2)26-7-4-8-27(38-26)33(44)41-17-18-46-35(21-41)12-15-40(16-13-35)20-24-6-3-5-23(30(24)36)11-14-37-19-29(43)25-9-10-28(42)31-32(25)47-34(45)39-31/h3-10,22,29,37,42-43H,11-21H2,1-2H3,(H,39,45). The zero-order chi connectivity index (χ0) is 33.1. The van der Waals surface area contributed by atoms with Crippen LogP contribution in [-0.4, -0.2) is 87.4 Å². The average Bonchev–Trinajstić information content (AvgIpc) is 3.47. The highest BCUT2D eigenvalue weighted by molar-refractivity contribution is 7.16. The number of carbonyl (C=O) groups excluding carboxylic acids is 1. The van der Waals surface area contributed by atoms with Crippen molar-refractivity contribution in [2.24, 2.45) is 0 Å². The average molecular weight is 664 g/mol. The van der Waals surface area contributed by atoms with E-state index in [1.54, 1.807) is 18.2 Å². The number of aromatic hydroxyl groups is 1. The Bertz CT molecular complexity index is 1780. The summed E-state index contributed by atoms with van der Waals surface area (Å²) in [5.74, 6) is -0.0649. The van der Waals surface area contributed by atoms with Crippen LogP contribution in [0.25, 0.3) is 10.2 Å². The van der Waals surface area contributed by atoms with Crippen LogP contribution in [0.15, 0.2) is 53.3 Å². The molecule has 2 saturated heterocycles. The Morgan fingerprint density at radius 1 is 1.13 bits per heavy atom. The van der Waals surface area contributed by atoms with Gasteiger partial charge in [-0.1, -0.05) is 55.5 Å². The summed E-state index contributed by atoms with van der Waals surface area (Å²) >= 11 is 0.945. The quantitative estimate of drug-likeness (QED) is 0.185. The van der Waals surface area contributed by atoms with E-state index in [4.69, 9.17) is 4.74 Å². The third kappa shape index (κ3) is 7.42. The highest BCUT2D eigenvalue weighted by Gasteiger charge is 2.41. The number of piperidine rings is 1. The van der Waals surface area contributed by atoms with Crippen LogP contribution in [0.3, 0.4) is 0 Å². The molecule has 0 aliphatic carbocycles. The highest BCUT2D eigenvalue weighted by atomic mass is 32.1. The number of likely N-dealkylation sites (tertiary alicyclic amines) is 1. The number of phenolic OH excluding ortho intramolecular Hbond substituents is 1. The van der Waals surface area contributed by atoms with E-state index in [1.165, 1.54) is 6.07 Å². The van der Waals surface area contributed by atoms with Gasteiger partial charge in [0, 0.05) is 49.5 Å². The van der Waals surface area contributed by atoms with Crippen LogP contribution in [-0.2, 0) is 17.7 Å². The van der Waals surface area contributed by atoms with Crippen molar-refractivity contribution < 1.29 is 24.1 Å². The molecule has 2 aromatic carbocycles. The first kappa shape index (κ1) is 33.2. The number of nitrogens with one attached hydrogen (secondary N) is 2. The summed E-state index contributed by atoms with van der Waals surface area (Å²) in [6.07, 6.45) is 1.08. The van der Waals surface area contributed by atoms with Crippen LogP contribution < -0.4 is 10.2 Å². The molecule has 10 nitrogen and oxygen atoms in total. The topological polar surface area (TPSA) is 131 Å². The molecule has 2 fully saturated rings. The molecule has 0 radical (unpaired) electrons. The van der Waals surface area contributed by atoms with Crippen molar-refractivity contribution in [3.05, 3.63) is 92.1 Å². The number of benzene rings is 2. The Morgan fingerprint density at radius 3 is 2.68 bits per heavy atom. The molecule has 1 atom stereocenters. The van der Waals surface area contributed by atoms with Gasteiger partial charge in [-0.25, -0.2) is 9.37 Å². The molecule has 4 aromatic rings. The van der Waals surface area contributed by atoms with Gasteiger partial charge in [-0.3, -0.25) is 14.5 Å². The van der Waals surface area contributed by atoms with Crippen molar-refractivity contribution >= 4 is 27.5 Å². The fraction of sp³-hybridized carbons (Fsp3) is 0.457. The van der Waals surface area contributed by atoms with Gasteiger partial charge in [0.1, 0.15) is 22.8 Å². The predicted octanol–water partition coefficient (Wildman–Crippen LogP) is 4.33. The third-order valence-corrected chi connectivity index (χ3v) is 10.2. The zero-order valence-electron chi connectivity index (χ0n) is 26.8. The Balaban J connectivity index is 0.998. The molecule has 4 heterocycles. The largest absolute Gasteiger partial charge is 0.506 e. The molecule has 0 saturated carbocycles. The SMILES string of the molecule is CC(C)c1cccc(C(=O)N2CCOC3(CCN(Cc4cccc(CCNCC(O)c5ccc(O)c6[nH]c(=O)sc56)c4F)CC3)C2)n1. The highest BCUT2D eigenvalue weighted by Crippen LogP contribution is 2.33. The molecule has 2 aliphatic rings. The van der Waals surface area contributed by atoms with Crippen molar-refractivity contribution in [3.63, 3.8) is 0 Å². The lowest BCUT2D eigenvalue weighted by molar-refractivity contribution is -0.128. The normalized spacial score (nSPS) is 17.5. The molecule has 1 spiro atoms. The molecule has 47 heavy (non-hydrogen) atoms. The van der Waals surface area contributed by atoms with Gasteiger partial charge < -0.3 is 30.2 Å². The number of phenols is 1. The van der Waals surface area contributed by atoms with Gasteiger partial charge in [0.2, 0.25) is 0 Å². The molecule has 0 bridgehead atoms. The molecule has 2 aromatic heterocycles. The van der Waals surface area contributed by atoms with Crippen LogP contribution in [0, 0.1) is 5.82 Å². The van der Waals surface area contributed by atoms with Crippen molar-refractivity contribution in [3.8, 4) is 5.75 Å². The molecule has 12 heteroatoms. The second-order valence-corrected chi connectivity index (χ2v) is 13.9. The lowest BCUT2D eigenvalue weighted by Crippen LogP contribution is -2.58. The Hall–Kier alpha value is -3.68. The number of nitrogens with zero attached hydrogens (tertiary/aromatic N) is 3. The number of amides is 1. The second-order valence-electron chi connectivity index (χ2n) is 12.9. The Kier molecular flexibility index (Phi) is 10.0. The Morgan fingerprint density at radius 2 is 1.89 bits per heavy atom. The number of hydrogen-bond acceptors (Lipinski definition) is 9. The van der Waals surface area contributed by atoms with Crippen LogP contribution in [0.2, 0.25) is 0 Å². The van der Waals surface area contributed by atoms with E-state index in [0.29, 0.717) is 71.8 Å². The lowest BCUT2D eigenvalue weighted by atomic mass is 9.89. The van der Waals surface area contributed by atoms with Gasteiger partial charge in [-0.15, -0.1) is 0 Å². The van der Waals surface area contributed by atoms with Crippen LogP contribution >= 0.6 is 11.3 Å². The fourth-order valence-corrected chi connectivity index (χ4v) is 7.47. The van der Waals surface area contributed by atoms with E-state index in [9.17, 15) is 19.8 Å². The van der Waals surface area contributed by atoms with E-state index in [1.807, 2.05) is 29.2 Å². The second kappa shape index (κ2) is 14.2. The van der Waals surface area contributed by atoms with E-state index >= 15 is 4.39 Å². The number of ether oxygens (including phenoxy) is 1. The van der Waals surface area contributed by atoms with Crippen molar-refractivity contribution in [1.29, 1.82) is 0 Å². The summed E-state index contributed by atoms with van der Waals surface area (Å²) in [5, 5.41) is 23.9. The van der Waals surface area contributed by atoms with Crippen LogP contribution in [0.5, 0.6) is 5.75 Å². The summed E-state index contributed by atoms with van der Waals surface area (Å²) in [7, 11) is 0. The minimum Gasteiger partial charge on any atom is -0.506 e. The molecule has 1 amide bonds. The van der Waals surface area contributed by atoms with E-state index in [0.717, 1.165) is 43.0 Å². The number of rotatable bonds is 10. The van der Waals surface area contributed by atoms with Crippen molar-refractivity contribution in [2.45, 2.75) is 57.3 Å². The number of fused-ring (bicyclic) bond motifs is 1. The first-order chi connectivity index (χ1) is 22.6. The number of thiazole rings is 1. The van der Waals surface area contributed by atoms with Gasteiger partial charge in [-0.05, 0) is 55.5 Å². The summed E-state index contributed by atoms with van der Waals surface area (Å²) in [4.78, 5) is 36.1. The van der Waals surface area contributed by atoms with Gasteiger partial charge in [0.05, 0.1) is 29.6 Å². The summed E-state index contributed by atoms with van der Waals surface area (Å²) in [6.45, 7) is 8.34. The molecular weight excluding hydrogens is 621 g/mol. The van der Waals surface area contributed by atoms with Gasteiger partial charge in [0.15, 0.2) is 0 Å². The maximum absolute atomic E-state index is 15.6. The Labute approximate surface area is 277 Å². The van der Waals surface area contributed by atoms with Crippen LogP contribution in [0.1, 0.15) is 71.6 Å². The minimum absolute atomic E-state index is 0.0381. The third-order valence-electron chi connectivity index (χ3n) is 9.29. The first-order valence-corrected chi connectivity index (χ1v) is 17.1. The van der Waals surface area contributed by atoms with E-state index < -0.39 is 11.7 Å². The smallest absolute Gasteiger partial charge is 0.305 e. The van der Waals surface area contributed by atoms with Gasteiger partial charge in [-0.2, -0.15) is 0 Å².